The molecule has 0 spiro atoms. The predicted octanol–water partition coefficient (Wildman–Crippen LogP) is 2.91. The van der Waals surface area contributed by atoms with E-state index in [1.807, 2.05) is 12.1 Å². The molecule has 0 amide bonds. The maximum atomic E-state index is 5.56. The van der Waals surface area contributed by atoms with Crippen LogP contribution in [0.4, 0.5) is 5.13 Å². The summed E-state index contributed by atoms with van der Waals surface area (Å²) in [6.07, 6.45) is 0. The lowest BCUT2D eigenvalue weighted by Crippen LogP contribution is -1.87. The van der Waals surface area contributed by atoms with Gasteiger partial charge in [0.05, 0.1) is 0 Å². The minimum absolute atomic E-state index is 0.514. The SMILES string of the molecule is CC(C)c1cccc(-c2nnc(N)s2)c1. The Labute approximate surface area is 93.0 Å². The van der Waals surface area contributed by atoms with Gasteiger partial charge in [-0.15, -0.1) is 10.2 Å². The van der Waals surface area contributed by atoms with E-state index >= 15 is 0 Å². The summed E-state index contributed by atoms with van der Waals surface area (Å²) in [5.41, 5.74) is 7.96. The van der Waals surface area contributed by atoms with Crippen LogP contribution < -0.4 is 5.73 Å². The highest BCUT2D eigenvalue weighted by molar-refractivity contribution is 7.18. The second-order valence-electron chi connectivity index (χ2n) is 3.73. The third-order valence-electron chi connectivity index (χ3n) is 2.24. The Morgan fingerprint density at radius 1 is 1.27 bits per heavy atom. The molecule has 0 aliphatic carbocycles. The van der Waals surface area contributed by atoms with Gasteiger partial charge in [0.1, 0.15) is 5.01 Å². The lowest BCUT2D eigenvalue weighted by Gasteiger charge is -2.05. The summed E-state index contributed by atoms with van der Waals surface area (Å²) >= 11 is 1.42. The van der Waals surface area contributed by atoms with Crippen molar-refractivity contribution in [1.82, 2.24) is 10.2 Å². The number of benzene rings is 1. The standard InChI is InChI=1S/C11H13N3S/c1-7(2)8-4-3-5-9(6-8)10-13-14-11(12)15-10/h3-7H,1-2H3,(H2,12,14). The van der Waals surface area contributed by atoms with Gasteiger partial charge >= 0.3 is 0 Å². The Bertz CT molecular complexity index is 462. The van der Waals surface area contributed by atoms with Gasteiger partial charge in [0, 0.05) is 5.56 Å². The molecule has 0 atom stereocenters. The largest absolute Gasteiger partial charge is 0.374 e. The van der Waals surface area contributed by atoms with Crippen molar-refractivity contribution < 1.29 is 0 Å². The summed E-state index contributed by atoms with van der Waals surface area (Å²) in [5.74, 6) is 0.523. The zero-order chi connectivity index (χ0) is 10.8. The number of nitrogen functional groups attached to an aromatic ring is 1. The molecule has 2 N–H and O–H groups in total. The molecule has 1 aromatic carbocycles. The lowest BCUT2D eigenvalue weighted by atomic mass is 10.0. The topological polar surface area (TPSA) is 51.8 Å². The fourth-order valence-corrected chi connectivity index (χ4v) is 1.99. The second kappa shape index (κ2) is 3.98. The van der Waals surface area contributed by atoms with Gasteiger partial charge in [0.15, 0.2) is 0 Å². The first-order valence-electron chi connectivity index (χ1n) is 4.86. The lowest BCUT2D eigenvalue weighted by molar-refractivity contribution is 0.867. The molecule has 0 bridgehead atoms. The Balaban J connectivity index is 2.41. The third kappa shape index (κ3) is 2.15. The molecule has 0 saturated heterocycles. The molecule has 0 aliphatic heterocycles. The average molecular weight is 219 g/mol. The van der Waals surface area contributed by atoms with E-state index in [0.29, 0.717) is 11.0 Å². The van der Waals surface area contributed by atoms with Gasteiger partial charge in [-0.05, 0) is 17.5 Å². The third-order valence-corrected chi connectivity index (χ3v) is 3.04. The first-order chi connectivity index (χ1) is 7.16. The summed E-state index contributed by atoms with van der Waals surface area (Å²) < 4.78 is 0. The highest BCUT2D eigenvalue weighted by Crippen LogP contribution is 2.27. The van der Waals surface area contributed by atoms with Crippen LogP contribution in [0.3, 0.4) is 0 Å². The smallest absolute Gasteiger partial charge is 0.203 e. The molecular weight excluding hydrogens is 206 g/mol. The molecular formula is C11H13N3S. The Kier molecular flexibility index (Phi) is 2.68. The first-order valence-corrected chi connectivity index (χ1v) is 5.68. The maximum absolute atomic E-state index is 5.56. The van der Waals surface area contributed by atoms with Crippen LogP contribution in [0.25, 0.3) is 10.6 Å². The molecule has 15 heavy (non-hydrogen) atoms. The fraction of sp³-hybridized carbons (Fsp3) is 0.273. The zero-order valence-corrected chi connectivity index (χ0v) is 9.58. The molecule has 1 heterocycles. The van der Waals surface area contributed by atoms with E-state index in [-0.39, 0.29) is 0 Å². The molecule has 4 heteroatoms. The van der Waals surface area contributed by atoms with Gasteiger partial charge in [-0.1, -0.05) is 43.4 Å². The zero-order valence-electron chi connectivity index (χ0n) is 8.77. The van der Waals surface area contributed by atoms with E-state index in [4.69, 9.17) is 5.73 Å². The van der Waals surface area contributed by atoms with E-state index in [2.05, 4.69) is 36.2 Å². The first kappa shape index (κ1) is 10.1. The van der Waals surface area contributed by atoms with Crippen LogP contribution in [-0.4, -0.2) is 10.2 Å². The van der Waals surface area contributed by atoms with Crippen LogP contribution >= 0.6 is 11.3 Å². The molecule has 0 fully saturated rings. The summed E-state index contributed by atoms with van der Waals surface area (Å²) in [6, 6.07) is 8.34. The van der Waals surface area contributed by atoms with E-state index in [0.717, 1.165) is 10.6 Å². The van der Waals surface area contributed by atoms with Crippen LogP contribution in [-0.2, 0) is 0 Å². The number of hydrogen-bond donors (Lipinski definition) is 1. The van der Waals surface area contributed by atoms with Gasteiger partial charge in [-0.3, -0.25) is 0 Å². The molecule has 2 aromatic rings. The molecule has 0 radical (unpaired) electrons. The Morgan fingerprint density at radius 2 is 2.07 bits per heavy atom. The van der Waals surface area contributed by atoms with Crippen LogP contribution in [0.1, 0.15) is 25.3 Å². The fourth-order valence-electron chi connectivity index (χ4n) is 1.38. The number of nitrogens with two attached hydrogens (primary N) is 1. The summed E-state index contributed by atoms with van der Waals surface area (Å²) in [7, 11) is 0. The van der Waals surface area contributed by atoms with Crippen molar-refractivity contribution in [3.63, 3.8) is 0 Å². The van der Waals surface area contributed by atoms with E-state index in [1.165, 1.54) is 16.9 Å². The minimum Gasteiger partial charge on any atom is -0.374 e. The Hall–Kier alpha value is -1.42. The van der Waals surface area contributed by atoms with Gasteiger partial charge in [0.25, 0.3) is 0 Å². The maximum Gasteiger partial charge on any atom is 0.203 e. The van der Waals surface area contributed by atoms with Crippen molar-refractivity contribution in [3.05, 3.63) is 29.8 Å². The predicted molar refractivity (Wildman–Crippen MR) is 63.8 cm³/mol. The van der Waals surface area contributed by atoms with Crippen LogP contribution in [0.15, 0.2) is 24.3 Å². The number of rotatable bonds is 2. The number of nitrogens with zero attached hydrogens (tertiary/aromatic N) is 2. The molecule has 0 aliphatic rings. The summed E-state index contributed by atoms with van der Waals surface area (Å²) in [4.78, 5) is 0. The summed E-state index contributed by atoms with van der Waals surface area (Å²) in [5, 5.41) is 9.24. The van der Waals surface area contributed by atoms with Crippen molar-refractivity contribution in [1.29, 1.82) is 0 Å². The molecule has 0 saturated carbocycles. The molecule has 3 nitrogen and oxygen atoms in total. The monoisotopic (exact) mass is 219 g/mol. The van der Waals surface area contributed by atoms with Crippen molar-refractivity contribution in [2.45, 2.75) is 19.8 Å². The van der Waals surface area contributed by atoms with Crippen LogP contribution in [0, 0.1) is 0 Å². The van der Waals surface area contributed by atoms with Gasteiger partial charge in [-0.25, -0.2) is 0 Å². The minimum atomic E-state index is 0.514. The van der Waals surface area contributed by atoms with E-state index in [9.17, 15) is 0 Å². The van der Waals surface area contributed by atoms with Crippen molar-refractivity contribution in [2.75, 3.05) is 5.73 Å². The van der Waals surface area contributed by atoms with Gasteiger partial charge in [-0.2, -0.15) is 0 Å². The van der Waals surface area contributed by atoms with Crippen molar-refractivity contribution >= 4 is 16.5 Å². The highest BCUT2D eigenvalue weighted by atomic mass is 32.1. The van der Waals surface area contributed by atoms with Crippen molar-refractivity contribution in [3.8, 4) is 10.6 Å². The molecule has 1 aromatic heterocycles. The molecule has 0 unspecified atom stereocenters. The van der Waals surface area contributed by atoms with Crippen LogP contribution in [0.5, 0.6) is 0 Å². The van der Waals surface area contributed by atoms with Crippen molar-refractivity contribution in [2.24, 2.45) is 0 Å². The summed E-state index contributed by atoms with van der Waals surface area (Å²) in [6.45, 7) is 4.35. The molecule has 78 valence electrons. The number of aromatic nitrogens is 2. The molecule has 2 rings (SSSR count). The highest BCUT2D eigenvalue weighted by Gasteiger charge is 2.06. The van der Waals surface area contributed by atoms with E-state index < -0.39 is 0 Å². The Morgan fingerprint density at radius 3 is 2.67 bits per heavy atom. The quantitative estimate of drug-likeness (QED) is 0.845. The number of hydrogen-bond acceptors (Lipinski definition) is 4. The van der Waals surface area contributed by atoms with Crippen LogP contribution in [0.2, 0.25) is 0 Å². The second-order valence-corrected chi connectivity index (χ2v) is 4.73. The van der Waals surface area contributed by atoms with Gasteiger partial charge < -0.3 is 5.73 Å². The van der Waals surface area contributed by atoms with Gasteiger partial charge in [0.2, 0.25) is 5.13 Å². The normalized spacial score (nSPS) is 10.9. The average Bonchev–Trinajstić information content (AvgIpc) is 2.65. The number of anilines is 1. The van der Waals surface area contributed by atoms with E-state index in [1.54, 1.807) is 0 Å².